The first-order valence-corrected chi connectivity index (χ1v) is 13.1. The van der Waals surface area contributed by atoms with E-state index in [9.17, 15) is 14.4 Å². The molecule has 2 aromatic carbocycles. The lowest BCUT2D eigenvalue weighted by atomic mass is 9.96. The van der Waals surface area contributed by atoms with Crippen molar-refractivity contribution in [3.8, 4) is 11.8 Å². The molecule has 2 heterocycles. The molecule has 0 aliphatic carbocycles. The van der Waals surface area contributed by atoms with E-state index in [0.717, 1.165) is 25.4 Å². The molecule has 0 aliphatic rings. The first-order chi connectivity index (χ1) is 20.5. The summed E-state index contributed by atoms with van der Waals surface area (Å²) >= 11 is 0. The van der Waals surface area contributed by atoms with E-state index in [0.29, 0.717) is 6.01 Å². The number of pyridine rings is 1. The molecule has 4 rings (SSSR count). The predicted octanol–water partition coefficient (Wildman–Crippen LogP) is 3.93. The monoisotopic (exact) mass is 588 g/mol. The third kappa shape index (κ3) is 11.3. The summed E-state index contributed by atoms with van der Waals surface area (Å²) in [5.41, 5.74) is 2.23. The number of ether oxygens (including phenoxy) is 1. The summed E-state index contributed by atoms with van der Waals surface area (Å²) in [5.74, 6) is -4.28. The van der Waals surface area contributed by atoms with Gasteiger partial charge < -0.3 is 25.2 Å². The van der Waals surface area contributed by atoms with Crippen molar-refractivity contribution in [3.63, 3.8) is 0 Å². The Bertz CT molecular complexity index is 1470. The fourth-order valence-corrected chi connectivity index (χ4v) is 3.99. The number of carboxylic acid groups (broad SMARTS) is 3. The number of aryl methyl sites for hydroxylation is 1. The Morgan fingerprint density at radius 2 is 1.30 bits per heavy atom. The third-order valence-electron chi connectivity index (χ3n) is 6.02. The Morgan fingerprint density at radius 1 is 0.744 bits per heavy atom. The van der Waals surface area contributed by atoms with E-state index in [-0.39, 0.29) is 0 Å². The van der Waals surface area contributed by atoms with Gasteiger partial charge in [0, 0.05) is 44.4 Å². The smallest absolute Gasteiger partial charge is 0.336 e. The molecule has 0 atom stereocenters. The van der Waals surface area contributed by atoms with Crippen molar-refractivity contribution in [3.05, 3.63) is 114 Å². The molecule has 43 heavy (non-hydrogen) atoms. The number of hydrogen-bond donors (Lipinski definition) is 4. The lowest BCUT2D eigenvalue weighted by molar-refractivity contribution is -0.170. The highest BCUT2D eigenvalue weighted by atomic mass is 16.5. The van der Waals surface area contributed by atoms with Crippen LogP contribution < -0.4 is 4.74 Å². The van der Waals surface area contributed by atoms with Gasteiger partial charge in [-0.05, 0) is 53.9 Å². The van der Waals surface area contributed by atoms with Crippen LogP contribution >= 0.6 is 0 Å². The second-order valence-corrected chi connectivity index (χ2v) is 9.74. The highest BCUT2D eigenvalue weighted by molar-refractivity contribution is 5.88. The third-order valence-corrected chi connectivity index (χ3v) is 6.02. The van der Waals surface area contributed by atoms with Crippen molar-refractivity contribution in [1.29, 1.82) is 0 Å². The molecule has 0 unspecified atom stereocenters. The van der Waals surface area contributed by atoms with Crippen LogP contribution in [0.1, 0.15) is 35.1 Å². The van der Waals surface area contributed by atoms with Gasteiger partial charge in [-0.1, -0.05) is 42.0 Å². The highest BCUT2D eigenvalue weighted by Gasteiger charge is 2.40. The summed E-state index contributed by atoms with van der Waals surface area (Å²) in [5, 5.41) is 33.8. The first kappa shape index (κ1) is 32.3. The van der Waals surface area contributed by atoms with E-state index in [4.69, 9.17) is 25.2 Å². The fraction of sp³-hybridized carbons (Fsp3) is 0.226. The van der Waals surface area contributed by atoms with Crippen molar-refractivity contribution < 1.29 is 39.5 Å². The van der Waals surface area contributed by atoms with Gasteiger partial charge in [-0.25, -0.2) is 14.8 Å². The number of aliphatic hydroxyl groups is 1. The van der Waals surface area contributed by atoms with Gasteiger partial charge in [0.2, 0.25) is 0 Å². The molecule has 2 aromatic heterocycles. The maximum atomic E-state index is 10.3. The molecular weight excluding hydrogens is 556 g/mol. The number of rotatable bonds is 13. The number of aliphatic carboxylic acids is 3. The normalized spacial score (nSPS) is 10.9. The molecule has 0 saturated carbocycles. The largest absolute Gasteiger partial charge is 0.481 e. The van der Waals surface area contributed by atoms with Gasteiger partial charge in [0.05, 0.1) is 12.8 Å². The molecule has 12 heteroatoms. The minimum Gasteiger partial charge on any atom is -0.481 e. The van der Waals surface area contributed by atoms with Crippen molar-refractivity contribution in [1.82, 2.24) is 19.9 Å². The molecule has 224 valence electrons. The zero-order valence-corrected chi connectivity index (χ0v) is 23.4. The molecule has 12 nitrogen and oxygen atoms in total. The number of carboxylic acids is 3. The molecule has 4 aromatic rings. The summed E-state index contributed by atoms with van der Waals surface area (Å²) in [6.45, 7) is 4.60. The van der Waals surface area contributed by atoms with E-state index in [1.807, 2.05) is 30.6 Å². The number of nitrogens with zero attached hydrogens (tertiary/aromatic N) is 4. The predicted molar refractivity (Wildman–Crippen MR) is 154 cm³/mol. The van der Waals surface area contributed by atoms with Gasteiger partial charge in [-0.15, -0.1) is 0 Å². The van der Waals surface area contributed by atoms with Crippen molar-refractivity contribution in [2.24, 2.45) is 0 Å². The molecule has 0 aliphatic heterocycles. The Kier molecular flexibility index (Phi) is 11.8. The molecule has 0 fully saturated rings. The minimum absolute atomic E-state index is 0.350. The van der Waals surface area contributed by atoms with Gasteiger partial charge in [-0.2, -0.15) is 0 Å². The van der Waals surface area contributed by atoms with Crippen LogP contribution in [0, 0.1) is 6.92 Å². The summed E-state index contributed by atoms with van der Waals surface area (Å²) in [6, 6.07) is 23.1. The average molecular weight is 589 g/mol. The van der Waals surface area contributed by atoms with Crippen LogP contribution in [0.4, 0.5) is 0 Å². The fourth-order valence-electron chi connectivity index (χ4n) is 3.99. The summed E-state index contributed by atoms with van der Waals surface area (Å²) in [7, 11) is 0. The topological polar surface area (TPSA) is 183 Å². The molecule has 0 radical (unpaired) electrons. The van der Waals surface area contributed by atoms with E-state index in [2.05, 4.69) is 69.2 Å². The van der Waals surface area contributed by atoms with Crippen LogP contribution in [0.5, 0.6) is 11.8 Å². The summed E-state index contributed by atoms with van der Waals surface area (Å²) in [6.07, 6.45) is 4.74. The Labute approximate surface area is 247 Å². The zero-order valence-electron chi connectivity index (χ0n) is 23.4. The summed E-state index contributed by atoms with van der Waals surface area (Å²) in [4.78, 5) is 45.3. The molecule has 4 N–H and O–H groups in total. The SMILES string of the molecule is Cc1ccc(CN(Cc2ccncc2)Cc2cccc(Oc3ncccn3)c2)cc1.O=C(O)CC(O)(CC(=O)O)C(=O)O. The standard InChI is InChI=1S/C25H24N4O.C6H8O7/c1-20-6-8-21(9-7-20)17-29(18-22-10-14-26-15-11-22)19-23-4-2-5-24(16-23)30-25-27-12-3-13-28-25;7-3(8)1-6(13,5(11)12)2-4(9)10/h2-16H,17-19H2,1H3;13H,1-2H2,(H,7,8)(H,9,10)(H,11,12). The number of carbonyl (C=O) groups is 3. The minimum atomic E-state index is -2.74. The molecule has 0 bridgehead atoms. The Balaban J connectivity index is 0.000000331. The van der Waals surface area contributed by atoms with E-state index < -0.39 is 36.4 Å². The second-order valence-electron chi connectivity index (χ2n) is 9.74. The second kappa shape index (κ2) is 15.7. The number of benzene rings is 2. The molecule has 0 spiro atoms. The molecular formula is C31H32N4O8. The lowest BCUT2D eigenvalue weighted by Crippen LogP contribution is -2.42. The van der Waals surface area contributed by atoms with Crippen LogP contribution in [-0.2, 0) is 34.0 Å². The van der Waals surface area contributed by atoms with Gasteiger partial charge in [-0.3, -0.25) is 19.5 Å². The highest BCUT2D eigenvalue weighted by Crippen LogP contribution is 2.21. The van der Waals surface area contributed by atoms with Gasteiger partial charge in [0.1, 0.15) is 5.75 Å². The first-order valence-electron chi connectivity index (χ1n) is 13.1. The van der Waals surface area contributed by atoms with Crippen LogP contribution in [-0.4, -0.2) is 63.8 Å². The van der Waals surface area contributed by atoms with Gasteiger partial charge >= 0.3 is 23.9 Å². The number of hydrogen-bond acceptors (Lipinski definition) is 9. The van der Waals surface area contributed by atoms with E-state index in [1.54, 1.807) is 18.5 Å². The van der Waals surface area contributed by atoms with Crippen LogP contribution in [0.25, 0.3) is 0 Å². The Morgan fingerprint density at radius 3 is 1.86 bits per heavy atom. The zero-order chi connectivity index (χ0) is 31.2. The molecule has 0 saturated heterocycles. The lowest BCUT2D eigenvalue weighted by Gasteiger charge is -2.23. The Hall–Kier alpha value is -5.20. The molecule has 0 amide bonds. The van der Waals surface area contributed by atoms with Crippen molar-refractivity contribution >= 4 is 17.9 Å². The maximum Gasteiger partial charge on any atom is 0.336 e. The van der Waals surface area contributed by atoms with Crippen molar-refractivity contribution in [2.45, 2.75) is 45.0 Å². The summed E-state index contributed by atoms with van der Waals surface area (Å²) < 4.78 is 5.80. The van der Waals surface area contributed by atoms with E-state index in [1.165, 1.54) is 22.3 Å². The van der Waals surface area contributed by atoms with Gasteiger partial charge in [0.15, 0.2) is 5.60 Å². The quantitative estimate of drug-likeness (QED) is 0.177. The average Bonchev–Trinajstić information content (AvgIpc) is 2.95. The van der Waals surface area contributed by atoms with Crippen LogP contribution in [0.2, 0.25) is 0 Å². The number of aromatic nitrogens is 3. The van der Waals surface area contributed by atoms with E-state index >= 15 is 0 Å². The van der Waals surface area contributed by atoms with Crippen molar-refractivity contribution in [2.75, 3.05) is 0 Å². The van der Waals surface area contributed by atoms with Crippen LogP contribution in [0.15, 0.2) is 91.5 Å². The van der Waals surface area contributed by atoms with Gasteiger partial charge in [0.25, 0.3) is 0 Å². The maximum absolute atomic E-state index is 10.3. The van der Waals surface area contributed by atoms with Crippen LogP contribution in [0.3, 0.4) is 0 Å².